The predicted molar refractivity (Wildman–Crippen MR) is 139 cm³/mol. The van der Waals surface area contributed by atoms with Gasteiger partial charge in [0.05, 0.1) is 6.04 Å². The second kappa shape index (κ2) is 11.0. The largest absolute Gasteiger partial charge is 0.476 e. The molecule has 0 saturated carbocycles. The molecular weight excluding hydrogens is 458 g/mol. The number of aromatic nitrogens is 3. The predicted octanol–water partition coefficient (Wildman–Crippen LogP) is 4.26. The topological polar surface area (TPSA) is 140 Å². The molecule has 0 fully saturated rings. The Morgan fingerprint density at radius 2 is 1.81 bits per heavy atom. The lowest BCUT2D eigenvalue weighted by Gasteiger charge is -2.25. The van der Waals surface area contributed by atoms with E-state index in [2.05, 4.69) is 25.6 Å². The second-order valence-corrected chi connectivity index (χ2v) is 11.0. The number of carboxylic acids is 1. The first-order valence-corrected chi connectivity index (χ1v) is 12.3. The fourth-order valence-corrected chi connectivity index (χ4v) is 4.30. The molecule has 9 nitrogen and oxygen atoms in total. The van der Waals surface area contributed by atoms with Crippen LogP contribution in [-0.2, 0) is 16.0 Å². The zero-order chi connectivity index (χ0) is 26.6. The number of hydrogen-bond donors (Lipinski definition) is 5. The Balaban J connectivity index is 1.91. The number of amides is 2. The number of imidazole rings is 1. The summed E-state index contributed by atoms with van der Waals surface area (Å²) in [7, 11) is 0. The number of fused-ring (bicyclic) bond motifs is 1. The van der Waals surface area contributed by atoms with E-state index in [-0.39, 0.29) is 28.8 Å². The van der Waals surface area contributed by atoms with Crippen LogP contribution in [0.15, 0.2) is 30.5 Å². The molecule has 0 bridgehead atoms. The SMILES string of the molecule is Cc1[nH]c([C@@H](Cc2c[nH]c3ccccc23)NC(=O)C(CC(C)C)NC(=O)CC(C)(C)C)nc1C(=O)O. The lowest BCUT2D eigenvalue weighted by molar-refractivity contribution is -0.130. The third-order valence-corrected chi connectivity index (χ3v) is 5.90. The van der Waals surface area contributed by atoms with Crippen molar-refractivity contribution in [2.24, 2.45) is 11.3 Å². The lowest BCUT2D eigenvalue weighted by Crippen LogP contribution is -2.49. The average molecular weight is 496 g/mol. The van der Waals surface area contributed by atoms with E-state index < -0.39 is 18.1 Å². The van der Waals surface area contributed by atoms with Gasteiger partial charge in [-0.05, 0) is 36.3 Å². The monoisotopic (exact) mass is 495 g/mol. The molecule has 3 rings (SSSR count). The van der Waals surface area contributed by atoms with Gasteiger partial charge in [-0.25, -0.2) is 9.78 Å². The van der Waals surface area contributed by atoms with Crippen molar-refractivity contribution >= 4 is 28.7 Å². The van der Waals surface area contributed by atoms with Crippen LogP contribution < -0.4 is 10.6 Å². The molecule has 1 unspecified atom stereocenters. The van der Waals surface area contributed by atoms with Gasteiger partial charge in [-0.2, -0.15) is 0 Å². The van der Waals surface area contributed by atoms with E-state index in [1.54, 1.807) is 6.92 Å². The number of aromatic amines is 2. The van der Waals surface area contributed by atoms with Gasteiger partial charge in [-0.1, -0.05) is 52.8 Å². The molecule has 0 aliphatic carbocycles. The first-order valence-electron chi connectivity index (χ1n) is 12.3. The van der Waals surface area contributed by atoms with Gasteiger partial charge < -0.3 is 25.7 Å². The summed E-state index contributed by atoms with van der Waals surface area (Å²) in [6, 6.07) is 6.49. The maximum Gasteiger partial charge on any atom is 0.356 e. The Bertz CT molecular complexity index is 1230. The Labute approximate surface area is 211 Å². The van der Waals surface area contributed by atoms with Crippen LogP contribution in [0.4, 0.5) is 0 Å². The third kappa shape index (κ3) is 6.96. The van der Waals surface area contributed by atoms with E-state index in [1.165, 1.54) is 0 Å². The normalized spacial score (nSPS) is 13.5. The van der Waals surface area contributed by atoms with Gasteiger partial charge in [0.15, 0.2) is 5.69 Å². The van der Waals surface area contributed by atoms with E-state index in [1.807, 2.05) is 65.1 Å². The molecule has 0 aliphatic heterocycles. The van der Waals surface area contributed by atoms with Gasteiger partial charge in [0, 0.05) is 35.6 Å². The number of nitrogens with zero attached hydrogens (tertiary/aromatic N) is 1. The van der Waals surface area contributed by atoms with Gasteiger partial charge in [0.25, 0.3) is 0 Å². The van der Waals surface area contributed by atoms with E-state index in [4.69, 9.17) is 0 Å². The van der Waals surface area contributed by atoms with Crippen LogP contribution in [0.5, 0.6) is 0 Å². The van der Waals surface area contributed by atoms with E-state index in [0.717, 1.165) is 16.5 Å². The molecule has 9 heteroatoms. The Hall–Kier alpha value is -3.62. The molecule has 194 valence electrons. The zero-order valence-corrected chi connectivity index (χ0v) is 21.9. The second-order valence-electron chi connectivity index (χ2n) is 11.0. The van der Waals surface area contributed by atoms with Crippen molar-refractivity contribution in [1.29, 1.82) is 0 Å². The molecule has 2 heterocycles. The van der Waals surface area contributed by atoms with Crippen LogP contribution in [0.25, 0.3) is 10.9 Å². The standard InChI is InChI=1S/C27H37N5O4/c1-15(2)11-21(30-22(33)13-27(4,5)6)25(34)31-20(24-29-16(3)23(32-24)26(35)36)12-17-14-28-19-10-8-7-9-18(17)19/h7-10,14-15,20-21,28H,11-13H2,1-6H3,(H,29,32)(H,30,33)(H,31,34)(H,35,36)/t20-,21?/m1/s1. The van der Waals surface area contributed by atoms with Crippen molar-refractivity contribution in [1.82, 2.24) is 25.6 Å². The van der Waals surface area contributed by atoms with Gasteiger partial charge in [-0.15, -0.1) is 0 Å². The fourth-order valence-electron chi connectivity index (χ4n) is 4.30. The summed E-state index contributed by atoms with van der Waals surface area (Å²) in [6.45, 7) is 11.5. The fraction of sp³-hybridized carbons (Fsp3) is 0.481. The summed E-state index contributed by atoms with van der Waals surface area (Å²) >= 11 is 0. The number of benzene rings is 1. The maximum absolute atomic E-state index is 13.5. The molecule has 0 radical (unpaired) electrons. The van der Waals surface area contributed by atoms with Crippen LogP contribution in [-0.4, -0.2) is 43.9 Å². The van der Waals surface area contributed by atoms with Crippen molar-refractivity contribution in [2.45, 2.75) is 72.9 Å². The number of aryl methyl sites for hydroxylation is 1. The smallest absolute Gasteiger partial charge is 0.356 e. The highest BCUT2D eigenvalue weighted by atomic mass is 16.4. The number of carbonyl (C=O) groups is 3. The molecule has 3 aromatic rings. The van der Waals surface area contributed by atoms with Crippen molar-refractivity contribution in [2.75, 3.05) is 0 Å². The van der Waals surface area contributed by atoms with Crippen LogP contribution in [0.3, 0.4) is 0 Å². The van der Waals surface area contributed by atoms with Gasteiger partial charge in [0.1, 0.15) is 11.9 Å². The molecule has 1 aromatic carbocycles. The van der Waals surface area contributed by atoms with E-state index in [9.17, 15) is 19.5 Å². The molecule has 2 amide bonds. The first-order chi connectivity index (χ1) is 16.8. The van der Waals surface area contributed by atoms with E-state index in [0.29, 0.717) is 30.8 Å². The van der Waals surface area contributed by atoms with Crippen molar-refractivity contribution in [3.8, 4) is 0 Å². The lowest BCUT2D eigenvalue weighted by atomic mass is 9.91. The van der Waals surface area contributed by atoms with Gasteiger partial charge >= 0.3 is 5.97 Å². The summed E-state index contributed by atoms with van der Waals surface area (Å²) in [5.74, 6) is -1.13. The summed E-state index contributed by atoms with van der Waals surface area (Å²) in [5, 5.41) is 16.4. The highest BCUT2D eigenvalue weighted by molar-refractivity contribution is 5.89. The molecular formula is C27H37N5O4. The number of H-pyrrole nitrogens is 2. The maximum atomic E-state index is 13.5. The number of carboxylic acid groups (broad SMARTS) is 1. The number of rotatable bonds is 10. The molecule has 0 aliphatic rings. The zero-order valence-electron chi connectivity index (χ0n) is 21.9. The average Bonchev–Trinajstić information content (AvgIpc) is 3.34. The molecule has 2 aromatic heterocycles. The summed E-state index contributed by atoms with van der Waals surface area (Å²) < 4.78 is 0. The third-order valence-electron chi connectivity index (χ3n) is 5.90. The first kappa shape index (κ1) is 27.0. The van der Waals surface area contributed by atoms with Crippen LogP contribution in [0, 0.1) is 18.3 Å². The van der Waals surface area contributed by atoms with Crippen LogP contribution >= 0.6 is 0 Å². The number of nitrogens with one attached hydrogen (secondary N) is 4. The molecule has 2 atom stereocenters. The Morgan fingerprint density at radius 1 is 1.11 bits per heavy atom. The molecule has 0 spiro atoms. The van der Waals surface area contributed by atoms with E-state index >= 15 is 0 Å². The molecule has 5 N–H and O–H groups in total. The minimum atomic E-state index is -1.14. The summed E-state index contributed by atoms with van der Waals surface area (Å²) in [5.41, 5.74) is 2.04. The van der Waals surface area contributed by atoms with Crippen molar-refractivity contribution in [3.63, 3.8) is 0 Å². The van der Waals surface area contributed by atoms with Gasteiger partial charge in [0.2, 0.25) is 11.8 Å². The summed E-state index contributed by atoms with van der Waals surface area (Å²) in [6.07, 6.45) is 3.03. The van der Waals surface area contributed by atoms with Crippen LogP contribution in [0.1, 0.15) is 81.1 Å². The highest BCUT2D eigenvalue weighted by Crippen LogP contribution is 2.25. The number of aromatic carboxylic acids is 1. The van der Waals surface area contributed by atoms with Crippen molar-refractivity contribution in [3.05, 3.63) is 53.2 Å². The number of para-hydroxylation sites is 1. The minimum absolute atomic E-state index is 0.0830. The molecule has 36 heavy (non-hydrogen) atoms. The van der Waals surface area contributed by atoms with Gasteiger partial charge in [-0.3, -0.25) is 9.59 Å². The summed E-state index contributed by atoms with van der Waals surface area (Å²) in [4.78, 5) is 48.3. The van der Waals surface area contributed by atoms with Crippen LogP contribution in [0.2, 0.25) is 0 Å². The van der Waals surface area contributed by atoms with Crippen molar-refractivity contribution < 1.29 is 19.5 Å². The minimum Gasteiger partial charge on any atom is -0.476 e. The molecule has 0 saturated heterocycles. The number of hydrogen-bond acceptors (Lipinski definition) is 4. The quantitative estimate of drug-likeness (QED) is 0.286. The number of carbonyl (C=O) groups excluding carboxylic acids is 2. The highest BCUT2D eigenvalue weighted by Gasteiger charge is 2.29. The Kier molecular flexibility index (Phi) is 8.22. The Morgan fingerprint density at radius 3 is 2.42 bits per heavy atom.